The maximum absolute atomic E-state index is 9.18. The third-order valence-electron chi connectivity index (χ3n) is 1.43. The van der Waals surface area contributed by atoms with Crippen LogP contribution in [0, 0.1) is 3.57 Å². The quantitative estimate of drug-likeness (QED) is 0.785. The summed E-state index contributed by atoms with van der Waals surface area (Å²) in [5, 5.41) is 9.88. The maximum Gasteiger partial charge on any atom is 0.0762 e. The summed E-state index contributed by atoms with van der Waals surface area (Å²) in [4.78, 5) is 0. The molecule has 1 aromatic rings. The average molecular weight is 283 g/mol. The van der Waals surface area contributed by atoms with E-state index in [9.17, 15) is 5.11 Å². The minimum atomic E-state index is -0.440. The molecule has 0 saturated heterocycles. The Hall–Kier alpha value is 0.200. The Morgan fingerprint density at radius 3 is 2.64 bits per heavy atom. The van der Waals surface area contributed by atoms with Gasteiger partial charge in [-0.15, -0.1) is 0 Å². The number of hydrogen-bond acceptors (Lipinski definition) is 1. The van der Waals surface area contributed by atoms with E-state index >= 15 is 0 Å². The molecule has 0 aromatic heterocycles. The smallest absolute Gasteiger partial charge is 0.0762 e. The van der Waals surface area contributed by atoms with Crippen LogP contribution in [0.3, 0.4) is 0 Å². The highest BCUT2D eigenvalue weighted by Gasteiger charge is 2.02. The van der Waals surface area contributed by atoms with Crippen molar-refractivity contribution in [3.05, 3.63) is 32.4 Å². The normalized spacial score (nSPS) is 13.1. The number of rotatable bonds is 1. The third kappa shape index (κ3) is 2.32. The second-order valence-electron chi connectivity index (χ2n) is 2.35. The molecule has 1 unspecified atom stereocenters. The van der Waals surface area contributed by atoms with Crippen molar-refractivity contribution in [1.82, 2.24) is 0 Å². The first-order valence-electron chi connectivity index (χ1n) is 3.24. The van der Waals surface area contributed by atoms with Crippen LogP contribution in [-0.2, 0) is 0 Å². The van der Waals surface area contributed by atoms with Gasteiger partial charge in [0.2, 0.25) is 0 Å². The van der Waals surface area contributed by atoms with E-state index in [0.29, 0.717) is 5.02 Å². The number of aliphatic hydroxyl groups is 1. The highest BCUT2D eigenvalue weighted by atomic mass is 127. The van der Waals surface area contributed by atoms with Gasteiger partial charge >= 0.3 is 0 Å². The Labute approximate surface area is 84.5 Å². The van der Waals surface area contributed by atoms with Crippen molar-refractivity contribution in [3.63, 3.8) is 0 Å². The molecule has 1 aromatic carbocycles. The Balaban J connectivity index is 3.05. The van der Waals surface area contributed by atoms with E-state index in [1.54, 1.807) is 13.0 Å². The van der Waals surface area contributed by atoms with Gasteiger partial charge in [-0.25, -0.2) is 0 Å². The number of hydrogen-bond donors (Lipinski definition) is 1. The monoisotopic (exact) mass is 282 g/mol. The lowest BCUT2D eigenvalue weighted by Crippen LogP contribution is -1.90. The van der Waals surface area contributed by atoms with Crippen LogP contribution in [-0.4, -0.2) is 5.11 Å². The molecule has 11 heavy (non-hydrogen) atoms. The number of halogens is 2. The van der Waals surface area contributed by atoms with E-state index in [1.807, 2.05) is 12.1 Å². The minimum absolute atomic E-state index is 0.440. The van der Waals surface area contributed by atoms with Crippen molar-refractivity contribution in [2.45, 2.75) is 13.0 Å². The van der Waals surface area contributed by atoms with Crippen molar-refractivity contribution in [2.24, 2.45) is 0 Å². The summed E-state index contributed by atoms with van der Waals surface area (Å²) in [6.07, 6.45) is -0.440. The number of benzene rings is 1. The molecule has 0 saturated carbocycles. The first-order valence-corrected chi connectivity index (χ1v) is 4.70. The molecule has 0 heterocycles. The molecule has 0 aliphatic carbocycles. The summed E-state index contributed by atoms with van der Waals surface area (Å²) in [5.74, 6) is 0. The lowest BCUT2D eigenvalue weighted by molar-refractivity contribution is 0.199. The Morgan fingerprint density at radius 2 is 2.18 bits per heavy atom. The van der Waals surface area contributed by atoms with Crippen LogP contribution in [0.1, 0.15) is 18.6 Å². The van der Waals surface area contributed by atoms with Crippen molar-refractivity contribution >= 4 is 34.2 Å². The molecule has 0 aliphatic heterocycles. The zero-order chi connectivity index (χ0) is 8.43. The summed E-state index contributed by atoms with van der Waals surface area (Å²) in [5.41, 5.74) is 0.857. The Bertz CT molecular complexity index is 260. The standard InChI is InChI=1S/C8H8ClIO/c1-5(11)6-2-3-8(10)7(9)4-6/h2-5,11H,1H3. The Kier molecular flexibility index (Phi) is 3.16. The molecule has 0 fully saturated rings. The topological polar surface area (TPSA) is 20.2 Å². The van der Waals surface area contributed by atoms with E-state index < -0.39 is 6.10 Å². The largest absolute Gasteiger partial charge is 0.389 e. The van der Waals surface area contributed by atoms with Gasteiger partial charge in [0.05, 0.1) is 11.1 Å². The predicted molar refractivity (Wildman–Crippen MR) is 54.8 cm³/mol. The van der Waals surface area contributed by atoms with E-state index in [2.05, 4.69) is 22.6 Å². The molecule has 0 aliphatic rings. The molecule has 0 spiro atoms. The predicted octanol–water partition coefficient (Wildman–Crippen LogP) is 3.00. The van der Waals surface area contributed by atoms with E-state index in [4.69, 9.17) is 11.6 Å². The molecule has 1 N–H and O–H groups in total. The first-order chi connectivity index (χ1) is 5.11. The molecule has 3 heteroatoms. The zero-order valence-electron chi connectivity index (χ0n) is 6.01. The van der Waals surface area contributed by atoms with Gasteiger partial charge < -0.3 is 5.11 Å². The molecular weight excluding hydrogens is 274 g/mol. The lowest BCUT2D eigenvalue weighted by atomic mass is 10.1. The maximum atomic E-state index is 9.18. The third-order valence-corrected chi connectivity index (χ3v) is 3.00. The number of aliphatic hydroxyl groups excluding tert-OH is 1. The molecule has 60 valence electrons. The molecule has 0 amide bonds. The van der Waals surface area contributed by atoms with Gasteiger partial charge in [-0.3, -0.25) is 0 Å². The van der Waals surface area contributed by atoms with Gasteiger partial charge in [0.15, 0.2) is 0 Å². The Morgan fingerprint density at radius 1 is 1.55 bits per heavy atom. The van der Waals surface area contributed by atoms with Crippen LogP contribution in [0.4, 0.5) is 0 Å². The molecule has 0 bridgehead atoms. The van der Waals surface area contributed by atoms with Crippen molar-refractivity contribution in [1.29, 1.82) is 0 Å². The molecule has 1 atom stereocenters. The summed E-state index contributed by atoms with van der Waals surface area (Å²) in [7, 11) is 0. The van der Waals surface area contributed by atoms with Gasteiger partial charge in [-0.1, -0.05) is 17.7 Å². The summed E-state index contributed by atoms with van der Waals surface area (Å²) >= 11 is 7.99. The molecule has 1 nitrogen and oxygen atoms in total. The van der Waals surface area contributed by atoms with Gasteiger partial charge in [0.25, 0.3) is 0 Å². The summed E-state index contributed by atoms with van der Waals surface area (Å²) in [6.45, 7) is 1.72. The fraction of sp³-hybridized carbons (Fsp3) is 0.250. The summed E-state index contributed by atoms with van der Waals surface area (Å²) in [6, 6.07) is 5.55. The highest BCUT2D eigenvalue weighted by Crippen LogP contribution is 2.22. The van der Waals surface area contributed by atoms with E-state index in [1.165, 1.54) is 0 Å². The van der Waals surface area contributed by atoms with Crippen LogP contribution >= 0.6 is 34.2 Å². The van der Waals surface area contributed by atoms with Crippen LogP contribution in [0.2, 0.25) is 5.02 Å². The van der Waals surface area contributed by atoms with Crippen LogP contribution in [0.15, 0.2) is 18.2 Å². The fourth-order valence-electron chi connectivity index (χ4n) is 0.772. The van der Waals surface area contributed by atoms with Gasteiger partial charge in [0.1, 0.15) is 0 Å². The summed E-state index contributed by atoms with van der Waals surface area (Å²) < 4.78 is 1.01. The van der Waals surface area contributed by atoms with E-state index in [-0.39, 0.29) is 0 Å². The fourth-order valence-corrected chi connectivity index (χ4v) is 1.30. The minimum Gasteiger partial charge on any atom is -0.389 e. The molecule has 1 rings (SSSR count). The second-order valence-corrected chi connectivity index (χ2v) is 3.92. The highest BCUT2D eigenvalue weighted by molar-refractivity contribution is 14.1. The molecule has 0 radical (unpaired) electrons. The van der Waals surface area contributed by atoms with Gasteiger partial charge in [-0.2, -0.15) is 0 Å². The molecular formula is C8H8ClIO. The van der Waals surface area contributed by atoms with Crippen LogP contribution in [0.5, 0.6) is 0 Å². The average Bonchev–Trinajstić information content (AvgIpc) is 1.94. The lowest BCUT2D eigenvalue weighted by Gasteiger charge is -2.04. The van der Waals surface area contributed by atoms with Gasteiger partial charge in [0, 0.05) is 3.57 Å². The van der Waals surface area contributed by atoms with Gasteiger partial charge in [-0.05, 0) is 47.2 Å². The van der Waals surface area contributed by atoms with Crippen molar-refractivity contribution < 1.29 is 5.11 Å². The van der Waals surface area contributed by atoms with Crippen molar-refractivity contribution in [3.8, 4) is 0 Å². The zero-order valence-corrected chi connectivity index (χ0v) is 8.93. The van der Waals surface area contributed by atoms with E-state index in [0.717, 1.165) is 9.13 Å². The van der Waals surface area contributed by atoms with Crippen LogP contribution < -0.4 is 0 Å². The van der Waals surface area contributed by atoms with Crippen LogP contribution in [0.25, 0.3) is 0 Å². The second kappa shape index (κ2) is 3.74. The SMILES string of the molecule is CC(O)c1ccc(I)c(Cl)c1. The first kappa shape index (κ1) is 9.29. The van der Waals surface area contributed by atoms with Crippen molar-refractivity contribution in [2.75, 3.05) is 0 Å².